The van der Waals surface area contributed by atoms with Crippen molar-refractivity contribution in [1.29, 1.82) is 0 Å². The first kappa shape index (κ1) is 19.6. The first-order valence-corrected chi connectivity index (χ1v) is 9.89. The van der Waals surface area contributed by atoms with Crippen LogP contribution < -0.4 is 5.32 Å². The van der Waals surface area contributed by atoms with Gasteiger partial charge in [0, 0.05) is 32.2 Å². The van der Waals surface area contributed by atoms with Crippen molar-refractivity contribution < 1.29 is 4.79 Å². The summed E-state index contributed by atoms with van der Waals surface area (Å²) in [6.45, 7) is 3.27. The number of hydrogen-bond donors (Lipinski definition) is 1. The quantitative estimate of drug-likeness (QED) is 0.818. The van der Waals surface area contributed by atoms with E-state index in [0.29, 0.717) is 12.6 Å². The number of nitrogens with one attached hydrogen (secondary N) is 1. The third-order valence-electron chi connectivity index (χ3n) is 5.33. The van der Waals surface area contributed by atoms with Gasteiger partial charge in [-0.3, -0.25) is 9.69 Å². The van der Waals surface area contributed by atoms with Crippen LogP contribution in [0.25, 0.3) is 0 Å². The number of likely N-dealkylation sites (N-methyl/N-ethyl adjacent to an activating group) is 1. The summed E-state index contributed by atoms with van der Waals surface area (Å²) in [6, 6.07) is 21.6. The molecule has 1 fully saturated rings. The molecule has 2 aromatic carbocycles. The molecule has 1 N–H and O–H groups in total. The van der Waals surface area contributed by atoms with Gasteiger partial charge in [0.05, 0.1) is 5.92 Å². The second-order valence-corrected chi connectivity index (χ2v) is 7.71. The fraction of sp³-hybridized carbons (Fsp3) is 0.435. The van der Waals surface area contributed by atoms with Gasteiger partial charge in [-0.25, -0.2) is 0 Å². The largest absolute Gasteiger partial charge is 0.355 e. The molecule has 2 unspecified atom stereocenters. The van der Waals surface area contributed by atoms with Crippen LogP contribution in [0.2, 0.25) is 0 Å². The lowest BCUT2D eigenvalue weighted by Gasteiger charge is -2.39. The normalized spacial score (nSPS) is 20.6. The molecule has 0 aromatic heterocycles. The van der Waals surface area contributed by atoms with Crippen LogP contribution in [-0.4, -0.2) is 49.4 Å². The maximum atomic E-state index is 12.7. The number of carbonyl (C=O) groups is 1. The molecular formula is C23H31N3O. The number of amides is 1. The number of likely N-dealkylation sites (tertiary alicyclic amines) is 1. The summed E-state index contributed by atoms with van der Waals surface area (Å²) in [4.78, 5) is 17.2. The van der Waals surface area contributed by atoms with Gasteiger partial charge in [0.15, 0.2) is 0 Å². The number of benzene rings is 2. The van der Waals surface area contributed by atoms with Crippen LogP contribution in [0.15, 0.2) is 60.7 Å². The molecule has 0 saturated carbocycles. The summed E-state index contributed by atoms with van der Waals surface area (Å²) in [5, 5.41) is 3.12. The van der Waals surface area contributed by atoms with Gasteiger partial charge in [-0.2, -0.15) is 0 Å². The van der Waals surface area contributed by atoms with Crippen molar-refractivity contribution >= 4 is 5.91 Å². The highest BCUT2D eigenvalue weighted by atomic mass is 16.1. The number of nitrogens with zero attached hydrogens (tertiary/aromatic N) is 2. The molecule has 1 aliphatic heterocycles. The summed E-state index contributed by atoms with van der Waals surface area (Å²) < 4.78 is 0. The van der Waals surface area contributed by atoms with Gasteiger partial charge in [0.25, 0.3) is 0 Å². The fourth-order valence-electron chi connectivity index (χ4n) is 3.85. The van der Waals surface area contributed by atoms with E-state index in [4.69, 9.17) is 0 Å². The first-order valence-electron chi connectivity index (χ1n) is 9.89. The molecule has 3 rings (SSSR count). The Morgan fingerprint density at radius 1 is 1.04 bits per heavy atom. The van der Waals surface area contributed by atoms with Crippen LogP contribution in [0.3, 0.4) is 0 Å². The lowest BCUT2D eigenvalue weighted by atomic mass is 9.88. The second kappa shape index (κ2) is 9.67. The number of hydrogen-bond acceptors (Lipinski definition) is 3. The zero-order valence-electron chi connectivity index (χ0n) is 16.5. The molecule has 27 heavy (non-hydrogen) atoms. The molecule has 0 aliphatic carbocycles. The lowest BCUT2D eigenvalue weighted by Crippen LogP contribution is -2.45. The van der Waals surface area contributed by atoms with E-state index in [2.05, 4.69) is 75.8 Å². The number of rotatable bonds is 7. The maximum absolute atomic E-state index is 12.7. The Bertz CT molecular complexity index is 702. The predicted octanol–water partition coefficient (Wildman–Crippen LogP) is 3.32. The molecule has 1 heterocycles. The van der Waals surface area contributed by atoms with Crippen molar-refractivity contribution in [3.8, 4) is 0 Å². The third kappa shape index (κ3) is 5.65. The summed E-state index contributed by atoms with van der Waals surface area (Å²) in [5.41, 5.74) is 2.65. The smallest absolute Gasteiger partial charge is 0.224 e. The molecule has 4 heteroatoms. The van der Waals surface area contributed by atoms with Crippen LogP contribution in [0.4, 0.5) is 0 Å². The topological polar surface area (TPSA) is 35.6 Å². The molecule has 2 aromatic rings. The van der Waals surface area contributed by atoms with E-state index in [1.165, 1.54) is 11.1 Å². The number of piperidine rings is 1. The van der Waals surface area contributed by atoms with Crippen LogP contribution in [0.1, 0.15) is 30.0 Å². The molecule has 2 atom stereocenters. The van der Waals surface area contributed by atoms with Gasteiger partial charge in [0.1, 0.15) is 0 Å². The molecule has 4 nitrogen and oxygen atoms in total. The Morgan fingerprint density at radius 3 is 2.37 bits per heavy atom. The third-order valence-corrected chi connectivity index (χ3v) is 5.33. The minimum Gasteiger partial charge on any atom is -0.355 e. The molecule has 1 saturated heterocycles. The highest BCUT2D eigenvalue weighted by Crippen LogP contribution is 2.34. The summed E-state index contributed by atoms with van der Waals surface area (Å²) in [5.74, 6) is 0.261. The van der Waals surface area contributed by atoms with Crippen molar-refractivity contribution in [2.24, 2.45) is 5.92 Å². The van der Waals surface area contributed by atoms with Gasteiger partial charge < -0.3 is 10.2 Å². The fourth-order valence-corrected chi connectivity index (χ4v) is 3.85. The van der Waals surface area contributed by atoms with E-state index in [1.54, 1.807) is 0 Å². The van der Waals surface area contributed by atoms with Gasteiger partial charge in [-0.1, -0.05) is 60.7 Å². The molecular weight excluding hydrogens is 334 g/mol. The van der Waals surface area contributed by atoms with Gasteiger partial charge in [0.2, 0.25) is 5.91 Å². The van der Waals surface area contributed by atoms with E-state index >= 15 is 0 Å². The van der Waals surface area contributed by atoms with Crippen molar-refractivity contribution in [2.45, 2.75) is 25.4 Å². The monoisotopic (exact) mass is 365 g/mol. The molecule has 1 amide bonds. The average molecular weight is 366 g/mol. The Balaban J connectivity index is 1.69. The van der Waals surface area contributed by atoms with Gasteiger partial charge >= 0.3 is 0 Å². The zero-order valence-corrected chi connectivity index (χ0v) is 16.5. The van der Waals surface area contributed by atoms with Crippen LogP contribution >= 0.6 is 0 Å². The highest BCUT2D eigenvalue weighted by molar-refractivity contribution is 5.79. The van der Waals surface area contributed by atoms with E-state index < -0.39 is 0 Å². The van der Waals surface area contributed by atoms with Gasteiger partial charge in [-0.05, 0) is 38.1 Å². The van der Waals surface area contributed by atoms with E-state index in [0.717, 1.165) is 32.5 Å². The highest BCUT2D eigenvalue weighted by Gasteiger charge is 2.32. The number of carbonyl (C=O) groups excluding carboxylic acids is 1. The first-order chi connectivity index (χ1) is 13.1. The Labute approximate surface area is 163 Å². The molecule has 0 bridgehead atoms. The molecule has 0 spiro atoms. The molecule has 144 valence electrons. The zero-order chi connectivity index (χ0) is 19.1. The van der Waals surface area contributed by atoms with Crippen LogP contribution in [-0.2, 0) is 11.3 Å². The summed E-state index contributed by atoms with van der Waals surface area (Å²) in [6.07, 6.45) is 1.96. The minimum absolute atomic E-state index is 0.0656. The Hall–Kier alpha value is -2.17. The van der Waals surface area contributed by atoms with Crippen LogP contribution in [0.5, 0.6) is 0 Å². The average Bonchev–Trinajstić information content (AvgIpc) is 2.69. The predicted molar refractivity (Wildman–Crippen MR) is 110 cm³/mol. The van der Waals surface area contributed by atoms with E-state index in [-0.39, 0.29) is 11.8 Å². The van der Waals surface area contributed by atoms with E-state index in [1.807, 2.05) is 14.1 Å². The maximum Gasteiger partial charge on any atom is 0.224 e. The van der Waals surface area contributed by atoms with Crippen molar-refractivity contribution in [3.05, 3.63) is 71.8 Å². The Morgan fingerprint density at radius 2 is 1.70 bits per heavy atom. The minimum atomic E-state index is 0.0656. The van der Waals surface area contributed by atoms with Crippen molar-refractivity contribution in [3.63, 3.8) is 0 Å². The van der Waals surface area contributed by atoms with E-state index in [9.17, 15) is 4.79 Å². The van der Waals surface area contributed by atoms with Crippen molar-refractivity contribution in [1.82, 2.24) is 15.1 Å². The SMILES string of the molecule is CN(C)CCNC(=O)C1CCC(c2ccccc2)N(Cc2ccccc2)C1. The van der Waals surface area contributed by atoms with Gasteiger partial charge in [-0.15, -0.1) is 0 Å². The molecule has 0 radical (unpaired) electrons. The second-order valence-electron chi connectivity index (χ2n) is 7.71. The molecule has 1 aliphatic rings. The van der Waals surface area contributed by atoms with Crippen molar-refractivity contribution in [2.75, 3.05) is 33.7 Å². The Kier molecular flexibility index (Phi) is 7.02. The van der Waals surface area contributed by atoms with Crippen LogP contribution in [0, 0.1) is 5.92 Å². The standard InChI is InChI=1S/C23H31N3O/c1-25(2)16-15-24-23(27)21-13-14-22(20-11-7-4-8-12-20)26(18-21)17-19-9-5-3-6-10-19/h3-12,21-22H,13-18H2,1-2H3,(H,24,27). The summed E-state index contributed by atoms with van der Waals surface area (Å²) in [7, 11) is 4.05. The summed E-state index contributed by atoms with van der Waals surface area (Å²) >= 11 is 0. The lowest BCUT2D eigenvalue weighted by molar-refractivity contribution is -0.127.